The maximum atomic E-state index is 12.7. The van der Waals surface area contributed by atoms with Crippen molar-refractivity contribution in [2.45, 2.75) is 39.5 Å². The smallest absolute Gasteiger partial charge is 0.261 e. The number of hydrogen-bond acceptors (Lipinski definition) is 4. The summed E-state index contributed by atoms with van der Waals surface area (Å²) < 4.78 is 0. The largest absolute Gasteiger partial charge is 0.348 e. The highest BCUT2D eigenvalue weighted by atomic mass is 16.2. The Labute approximate surface area is 200 Å². The Balaban J connectivity index is 1.38. The van der Waals surface area contributed by atoms with Crippen LogP contribution < -0.4 is 5.32 Å². The second-order valence-corrected chi connectivity index (χ2v) is 8.90. The van der Waals surface area contributed by atoms with Crippen molar-refractivity contribution in [3.05, 3.63) is 106 Å². The molecule has 0 atom stereocenters. The number of amides is 3. The molecule has 1 aliphatic rings. The first-order valence-electron chi connectivity index (χ1n) is 11.4. The van der Waals surface area contributed by atoms with Crippen LogP contribution in [0.25, 0.3) is 0 Å². The number of carbonyl (C=O) groups is 3. The quantitative estimate of drug-likeness (QED) is 0.516. The number of fused-ring (bicyclic) bond motifs is 1. The topological polar surface area (TPSA) is 69.7 Å². The number of nitrogens with zero attached hydrogens (tertiary/aromatic N) is 2. The highest BCUT2D eigenvalue weighted by Gasteiger charge is 2.34. The summed E-state index contributed by atoms with van der Waals surface area (Å²) in [6, 6.07) is 22.4. The summed E-state index contributed by atoms with van der Waals surface area (Å²) in [6.45, 7) is 5.74. The number of rotatable bonds is 8. The lowest BCUT2D eigenvalue weighted by Gasteiger charge is -2.22. The summed E-state index contributed by atoms with van der Waals surface area (Å²) in [5.74, 6) is -0.743. The molecule has 0 saturated heterocycles. The molecule has 6 nitrogen and oxygen atoms in total. The van der Waals surface area contributed by atoms with Crippen LogP contribution >= 0.6 is 0 Å². The fourth-order valence-corrected chi connectivity index (χ4v) is 3.94. The normalized spacial score (nSPS) is 13.0. The fraction of sp³-hybridized carbons (Fsp3) is 0.250. The van der Waals surface area contributed by atoms with Crippen molar-refractivity contribution in [3.63, 3.8) is 0 Å². The van der Waals surface area contributed by atoms with E-state index in [1.807, 2.05) is 18.2 Å². The Hall–Kier alpha value is -3.77. The zero-order valence-electron chi connectivity index (χ0n) is 19.7. The molecule has 0 aromatic heterocycles. The first kappa shape index (κ1) is 23.4. The standard InChI is InChI=1S/C28H29N3O3/c1-19(2)30(3)18-23-9-5-4-8-22(23)16-29-26(32)21-14-12-20(13-15-21)17-31-27(33)24-10-6-7-11-25(24)28(31)34/h4-15,19H,16-18H2,1-3H3,(H,29,32). The number of hydrogen-bond donors (Lipinski definition) is 1. The van der Waals surface area contributed by atoms with E-state index >= 15 is 0 Å². The van der Waals surface area contributed by atoms with Gasteiger partial charge in [0.2, 0.25) is 0 Å². The third kappa shape index (κ3) is 4.92. The van der Waals surface area contributed by atoms with E-state index in [1.165, 1.54) is 10.5 Å². The number of nitrogens with one attached hydrogen (secondary N) is 1. The molecule has 0 unspecified atom stereocenters. The van der Waals surface area contributed by atoms with Crippen molar-refractivity contribution in [3.8, 4) is 0 Å². The zero-order valence-corrected chi connectivity index (χ0v) is 19.7. The maximum absolute atomic E-state index is 12.7. The van der Waals surface area contributed by atoms with Crippen LogP contribution in [0.4, 0.5) is 0 Å². The highest BCUT2D eigenvalue weighted by Crippen LogP contribution is 2.24. The molecule has 3 aromatic carbocycles. The van der Waals surface area contributed by atoms with E-state index in [2.05, 4.69) is 37.2 Å². The summed E-state index contributed by atoms with van der Waals surface area (Å²) in [4.78, 5) is 41.4. The van der Waals surface area contributed by atoms with E-state index in [9.17, 15) is 14.4 Å². The average molecular weight is 456 g/mol. The molecule has 1 heterocycles. The lowest BCUT2D eigenvalue weighted by atomic mass is 10.1. The minimum atomic E-state index is -0.288. The molecular formula is C28H29N3O3. The van der Waals surface area contributed by atoms with Crippen LogP contribution in [0, 0.1) is 0 Å². The van der Waals surface area contributed by atoms with Crippen LogP contribution in [0.2, 0.25) is 0 Å². The first-order valence-corrected chi connectivity index (χ1v) is 11.4. The molecule has 34 heavy (non-hydrogen) atoms. The van der Waals surface area contributed by atoms with Gasteiger partial charge in [0.25, 0.3) is 17.7 Å². The van der Waals surface area contributed by atoms with Crippen LogP contribution in [0.5, 0.6) is 0 Å². The molecule has 1 N–H and O–H groups in total. The van der Waals surface area contributed by atoms with Gasteiger partial charge in [0, 0.05) is 24.7 Å². The molecule has 0 bridgehead atoms. The van der Waals surface area contributed by atoms with E-state index in [0.717, 1.165) is 17.7 Å². The Morgan fingerprint density at radius 3 is 2.00 bits per heavy atom. The van der Waals surface area contributed by atoms with Gasteiger partial charge in [-0.1, -0.05) is 48.5 Å². The molecule has 0 aliphatic carbocycles. The van der Waals surface area contributed by atoms with Crippen molar-refractivity contribution in [1.29, 1.82) is 0 Å². The van der Waals surface area contributed by atoms with Gasteiger partial charge in [-0.15, -0.1) is 0 Å². The lowest BCUT2D eigenvalue weighted by Crippen LogP contribution is -2.29. The monoisotopic (exact) mass is 455 g/mol. The predicted molar refractivity (Wildman–Crippen MR) is 131 cm³/mol. The average Bonchev–Trinajstić information content (AvgIpc) is 3.08. The van der Waals surface area contributed by atoms with Gasteiger partial charge in [0.05, 0.1) is 17.7 Å². The van der Waals surface area contributed by atoms with Crippen LogP contribution in [0.1, 0.15) is 61.6 Å². The fourth-order valence-electron chi connectivity index (χ4n) is 3.94. The summed E-state index contributed by atoms with van der Waals surface area (Å²) >= 11 is 0. The SMILES string of the molecule is CC(C)N(C)Cc1ccccc1CNC(=O)c1ccc(CN2C(=O)c3ccccc3C2=O)cc1. The van der Waals surface area contributed by atoms with E-state index in [4.69, 9.17) is 0 Å². The van der Waals surface area contributed by atoms with Crippen LogP contribution in [0.15, 0.2) is 72.8 Å². The third-order valence-electron chi connectivity index (χ3n) is 6.29. The summed E-state index contributed by atoms with van der Waals surface area (Å²) in [5, 5.41) is 3.00. The number of carbonyl (C=O) groups excluding carboxylic acids is 3. The maximum Gasteiger partial charge on any atom is 0.261 e. The van der Waals surface area contributed by atoms with Crippen LogP contribution in [-0.2, 0) is 19.6 Å². The van der Waals surface area contributed by atoms with Crippen molar-refractivity contribution in [1.82, 2.24) is 15.1 Å². The molecule has 0 spiro atoms. The Bertz CT molecular complexity index is 1180. The molecule has 174 valence electrons. The highest BCUT2D eigenvalue weighted by molar-refractivity contribution is 6.21. The summed E-state index contributed by atoms with van der Waals surface area (Å²) in [6.07, 6.45) is 0. The molecule has 6 heteroatoms. The van der Waals surface area contributed by atoms with Gasteiger partial charge in [-0.05, 0) is 61.9 Å². The number of benzene rings is 3. The number of imide groups is 1. The van der Waals surface area contributed by atoms with Crippen molar-refractivity contribution < 1.29 is 14.4 Å². The van der Waals surface area contributed by atoms with Crippen molar-refractivity contribution in [2.75, 3.05) is 7.05 Å². The molecule has 0 saturated carbocycles. The zero-order chi connectivity index (χ0) is 24.2. The molecule has 3 aromatic rings. The lowest BCUT2D eigenvalue weighted by molar-refractivity contribution is 0.0641. The summed E-state index contributed by atoms with van der Waals surface area (Å²) in [5.41, 5.74) is 4.46. The van der Waals surface area contributed by atoms with Crippen molar-refractivity contribution in [2.24, 2.45) is 0 Å². The molecular weight excluding hydrogens is 426 g/mol. The van der Waals surface area contributed by atoms with E-state index in [-0.39, 0.29) is 24.3 Å². The van der Waals surface area contributed by atoms with Gasteiger partial charge in [0.1, 0.15) is 0 Å². The Morgan fingerprint density at radius 2 is 1.41 bits per heavy atom. The molecule has 3 amide bonds. The molecule has 0 fully saturated rings. The van der Waals surface area contributed by atoms with Gasteiger partial charge >= 0.3 is 0 Å². The second-order valence-electron chi connectivity index (χ2n) is 8.90. The minimum absolute atomic E-state index is 0.167. The minimum Gasteiger partial charge on any atom is -0.348 e. The molecule has 1 aliphatic heterocycles. The predicted octanol–water partition coefficient (Wildman–Crippen LogP) is 4.25. The third-order valence-corrected chi connectivity index (χ3v) is 6.29. The van der Waals surface area contributed by atoms with Gasteiger partial charge in [0.15, 0.2) is 0 Å². The summed E-state index contributed by atoms with van der Waals surface area (Å²) in [7, 11) is 2.09. The molecule has 4 rings (SSSR count). The second kappa shape index (κ2) is 10.0. The Kier molecular flexibility index (Phi) is 6.89. The van der Waals surface area contributed by atoms with Crippen molar-refractivity contribution >= 4 is 17.7 Å². The first-order chi connectivity index (χ1) is 16.3. The van der Waals surface area contributed by atoms with Crippen LogP contribution in [0.3, 0.4) is 0 Å². The van der Waals surface area contributed by atoms with E-state index < -0.39 is 0 Å². The van der Waals surface area contributed by atoms with Gasteiger partial charge in [-0.2, -0.15) is 0 Å². The Morgan fingerprint density at radius 1 is 0.853 bits per heavy atom. The van der Waals surface area contributed by atoms with E-state index in [0.29, 0.717) is 29.3 Å². The van der Waals surface area contributed by atoms with Gasteiger partial charge in [-0.25, -0.2) is 0 Å². The van der Waals surface area contributed by atoms with Crippen LogP contribution in [-0.4, -0.2) is 40.6 Å². The van der Waals surface area contributed by atoms with E-state index in [1.54, 1.807) is 48.5 Å². The molecule has 0 radical (unpaired) electrons. The van der Waals surface area contributed by atoms with Gasteiger partial charge < -0.3 is 5.32 Å². The van der Waals surface area contributed by atoms with Gasteiger partial charge in [-0.3, -0.25) is 24.2 Å².